The lowest BCUT2D eigenvalue weighted by Crippen LogP contribution is -2.47. The average molecular weight is 398 g/mol. The zero-order valence-electron chi connectivity index (χ0n) is 16.4. The second-order valence-electron chi connectivity index (χ2n) is 7.09. The van der Waals surface area contributed by atoms with E-state index in [1.54, 1.807) is 12.1 Å². The Kier molecular flexibility index (Phi) is 5.90. The van der Waals surface area contributed by atoms with Crippen molar-refractivity contribution in [2.75, 3.05) is 0 Å². The number of fused-ring (bicyclic) bond motifs is 1. The molecule has 1 unspecified atom stereocenters. The molecular weight excluding hydrogens is 376 g/mol. The summed E-state index contributed by atoms with van der Waals surface area (Å²) in [6.07, 6.45) is 1.82. The van der Waals surface area contributed by atoms with Crippen LogP contribution >= 0.6 is 0 Å². The van der Waals surface area contributed by atoms with Crippen LogP contribution in [0.4, 0.5) is 0 Å². The molecule has 5 nitrogen and oxygen atoms in total. The summed E-state index contributed by atoms with van der Waals surface area (Å²) in [5.74, 6) is -0.482. The van der Waals surface area contributed by atoms with E-state index in [1.807, 2.05) is 60.7 Å². The van der Waals surface area contributed by atoms with Crippen LogP contribution in [0, 0.1) is 0 Å². The summed E-state index contributed by atoms with van der Waals surface area (Å²) >= 11 is 0. The number of hydrogen-bond donors (Lipinski definition) is 2. The molecule has 150 valence electrons. The molecule has 0 aliphatic carbocycles. The first-order valence-corrected chi connectivity index (χ1v) is 9.83. The Morgan fingerprint density at radius 3 is 2.33 bits per heavy atom. The maximum absolute atomic E-state index is 12.9. The van der Waals surface area contributed by atoms with Gasteiger partial charge in [-0.25, -0.2) is 0 Å². The number of furan rings is 1. The number of benzene rings is 3. The fourth-order valence-corrected chi connectivity index (χ4v) is 3.36. The van der Waals surface area contributed by atoms with Crippen LogP contribution in [0.2, 0.25) is 0 Å². The van der Waals surface area contributed by atoms with Gasteiger partial charge < -0.3 is 15.1 Å². The smallest absolute Gasteiger partial charge is 0.287 e. The molecule has 5 heteroatoms. The van der Waals surface area contributed by atoms with Gasteiger partial charge in [0.15, 0.2) is 5.76 Å². The fourth-order valence-electron chi connectivity index (χ4n) is 3.36. The van der Waals surface area contributed by atoms with Crippen molar-refractivity contribution >= 4 is 22.6 Å². The average Bonchev–Trinajstić information content (AvgIpc) is 3.33. The van der Waals surface area contributed by atoms with Crippen molar-refractivity contribution in [3.8, 4) is 0 Å². The van der Waals surface area contributed by atoms with E-state index in [9.17, 15) is 9.59 Å². The molecular formula is C25H22N2O3. The van der Waals surface area contributed by atoms with Gasteiger partial charge in [-0.3, -0.25) is 9.59 Å². The number of amides is 2. The van der Waals surface area contributed by atoms with Crippen molar-refractivity contribution < 1.29 is 14.0 Å². The highest BCUT2D eigenvalue weighted by molar-refractivity contribution is 5.95. The van der Waals surface area contributed by atoms with Crippen molar-refractivity contribution in [2.24, 2.45) is 0 Å². The summed E-state index contributed by atoms with van der Waals surface area (Å²) < 4.78 is 5.15. The molecule has 2 amide bonds. The summed E-state index contributed by atoms with van der Waals surface area (Å²) in [6, 6.07) is 26.3. The first-order valence-electron chi connectivity index (χ1n) is 9.83. The number of carbonyl (C=O) groups excluding carboxylic acids is 2. The zero-order chi connectivity index (χ0) is 20.8. The Morgan fingerprint density at radius 1 is 0.800 bits per heavy atom. The first-order chi connectivity index (χ1) is 14.7. The molecule has 4 aromatic rings. The van der Waals surface area contributed by atoms with Crippen LogP contribution < -0.4 is 10.6 Å². The lowest BCUT2D eigenvalue weighted by Gasteiger charge is -2.18. The van der Waals surface area contributed by atoms with Gasteiger partial charge in [-0.1, -0.05) is 66.7 Å². The molecule has 0 saturated heterocycles. The van der Waals surface area contributed by atoms with Crippen molar-refractivity contribution in [3.05, 3.63) is 108 Å². The van der Waals surface area contributed by atoms with E-state index < -0.39 is 11.9 Å². The highest BCUT2D eigenvalue weighted by atomic mass is 16.3. The van der Waals surface area contributed by atoms with E-state index in [2.05, 4.69) is 22.8 Å². The maximum Gasteiger partial charge on any atom is 0.287 e. The van der Waals surface area contributed by atoms with E-state index >= 15 is 0 Å². The van der Waals surface area contributed by atoms with Crippen molar-refractivity contribution in [3.63, 3.8) is 0 Å². The second-order valence-corrected chi connectivity index (χ2v) is 7.09. The van der Waals surface area contributed by atoms with E-state index in [0.29, 0.717) is 13.0 Å². The quantitative estimate of drug-likeness (QED) is 0.493. The summed E-state index contributed by atoms with van der Waals surface area (Å²) in [7, 11) is 0. The summed E-state index contributed by atoms with van der Waals surface area (Å²) in [4.78, 5) is 25.4. The predicted octanol–water partition coefficient (Wildman–Crippen LogP) is 4.09. The fraction of sp³-hybridized carbons (Fsp3) is 0.120. The van der Waals surface area contributed by atoms with Gasteiger partial charge in [0.1, 0.15) is 6.04 Å². The van der Waals surface area contributed by atoms with Crippen LogP contribution in [0.1, 0.15) is 21.7 Å². The molecule has 4 rings (SSSR count). The normalized spacial score (nSPS) is 11.7. The Hall–Kier alpha value is -3.86. The monoisotopic (exact) mass is 398 g/mol. The topological polar surface area (TPSA) is 71.3 Å². The van der Waals surface area contributed by atoms with Crippen molar-refractivity contribution in [1.29, 1.82) is 0 Å². The summed E-state index contributed by atoms with van der Waals surface area (Å²) in [5.41, 5.74) is 1.96. The molecule has 0 bridgehead atoms. The highest BCUT2D eigenvalue weighted by Crippen LogP contribution is 2.15. The Labute approximate surface area is 174 Å². The molecule has 0 aliphatic heterocycles. The number of carbonyl (C=O) groups is 2. The van der Waals surface area contributed by atoms with E-state index in [1.165, 1.54) is 6.26 Å². The Balaban J connectivity index is 1.46. The van der Waals surface area contributed by atoms with Gasteiger partial charge >= 0.3 is 0 Å². The predicted molar refractivity (Wildman–Crippen MR) is 116 cm³/mol. The SMILES string of the molecule is O=C(NC(Cc1ccccc1)C(=O)NCc1ccc2ccccc2c1)c1ccco1. The minimum Gasteiger partial charge on any atom is -0.459 e. The number of nitrogens with one attached hydrogen (secondary N) is 2. The van der Waals surface area contributed by atoms with Gasteiger partial charge in [-0.05, 0) is 40.1 Å². The van der Waals surface area contributed by atoms with E-state index in [4.69, 9.17) is 4.42 Å². The molecule has 1 heterocycles. The van der Waals surface area contributed by atoms with Crippen LogP contribution in [-0.2, 0) is 17.8 Å². The van der Waals surface area contributed by atoms with Gasteiger partial charge in [0, 0.05) is 13.0 Å². The molecule has 0 spiro atoms. The standard InChI is InChI=1S/C25H22N2O3/c28-24(26-17-19-12-13-20-9-4-5-10-21(20)15-19)22(16-18-7-2-1-3-8-18)27-25(29)23-11-6-14-30-23/h1-15,22H,16-17H2,(H,26,28)(H,27,29). The van der Waals surface area contributed by atoms with Crippen LogP contribution in [0.3, 0.4) is 0 Å². The molecule has 1 aromatic heterocycles. The number of hydrogen-bond acceptors (Lipinski definition) is 3. The Bertz CT molecular complexity index is 1140. The van der Waals surface area contributed by atoms with Gasteiger partial charge in [-0.15, -0.1) is 0 Å². The minimum absolute atomic E-state index is 0.176. The molecule has 2 N–H and O–H groups in total. The van der Waals surface area contributed by atoms with Gasteiger partial charge in [0.25, 0.3) is 5.91 Å². The maximum atomic E-state index is 12.9. The van der Waals surface area contributed by atoms with Gasteiger partial charge in [-0.2, -0.15) is 0 Å². The molecule has 0 fully saturated rings. The van der Waals surface area contributed by atoms with Gasteiger partial charge in [0.05, 0.1) is 6.26 Å². The minimum atomic E-state index is -0.717. The lowest BCUT2D eigenvalue weighted by molar-refractivity contribution is -0.123. The van der Waals surface area contributed by atoms with Crippen LogP contribution in [-0.4, -0.2) is 17.9 Å². The van der Waals surface area contributed by atoms with Crippen LogP contribution in [0.5, 0.6) is 0 Å². The second kappa shape index (κ2) is 9.09. The highest BCUT2D eigenvalue weighted by Gasteiger charge is 2.22. The molecule has 3 aromatic carbocycles. The van der Waals surface area contributed by atoms with Gasteiger partial charge in [0.2, 0.25) is 5.91 Å². The van der Waals surface area contributed by atoms with Crippen molar-refractivity contribution in [2.45, 2.75) is 19.0 Å². The van der Waals surface area contributed by atoms with E-state index in [0.717, 1.165) is 21.9 Å². The molecule has 1 atom stereocenters. The zero-order valence-corrected chi connectivity index (χ0v) is 16.4. The summed E-state index contributed by atoms with van der Waals surface area (Å²) in [6.45, 7) is 0.381. The lowest BCUT2D eigenvalue weighted by atomic mass is 10.0. The third-order valence-electron chi connectivity index (χ3n) is 4.93. The largest absolute Gasteiger partial charge is 0.459 e. The summed E-state index contributed by atoms with van der Waals surface area (Å²) in [5, 5.41) is 8.01. The Morgan fingerprint density at radius 2 is 1.57 bits per heavy atom. The molecule has 0 aliphatic rings. The molecule has 30 heavy (non-hydrogen) atoms. The molecule has 0 saturated carbocycles. The van der Waals surface area contributed by atoms with Crippen LogP contribution in [0.25, 0.3) is 10.8 Å². The van der Waals surface area contributed by atoms with E-state index in [-0.39, 0.29) is 11.7 Å². The number of rotatable bonds is 7. The van der Waals surface area contributed by atoms with Crippen LogP contribution in [0.15, 0.2) is 95.6 Å². The molecule has 0 radical (unpaired) electrons. The first kappa shape index (κ1) is 19.5. The van der Waals surface area contributed by atoms with Crippen molar-refractivity contribution in [1.82, 2.24) is 10.6 Å². The third kappa shape index (κ3) is 4.75. The third-order valence-corrected chi connectivity index (χ3v) is 4.93.